The maximum atomic E-state index is 12.6. The highest BCUT2D eigenvalue weighted by atomic mass is 35.5. The number of nitrogens with one attached hydrogen (secondary N) is 1. The zero-order chi connectivity index (χ0) is 47.3. The minimum atomic E-state index is -0.298. The van der Waals surface area contributed by atoms with Gasteiger partial charge in [-0.25, -0.2) is 4.98 Å². The van der Waals surface area contributed by atoms with Crippen molar-refractivity contribution in [3.63, 3.8) is 0 Å². The lowest BCUT2D eigenvalue weighted by atomic mass is 10.0. The van der Waals surface area contributed by atoms with Crippen LogP contribution in [0, 0.1) is 22.7 Å². The summed E-state index contributed by atoms with van der Waals surface area (Å²) in [6.45, 7) is 4.20. The normalized spacial score (nSPS) is 9.71. The Morgan fingerprint density at radius 1 is 0.530 bits per heavy atom. The number of benzene rings is 6. The van der Waals surface area contributed by atoms with Gasteiger partial charge in [0.2, 0.25) is 5.43 Å². The number of carbonyl (C=O) groups excluding carboxylic acids is 4. The molecule has 0 bridgehead atoms. The summed E-state index contributed by atoms with van der Waals surface area (Å²) in [4.78, 5) is 53.2. The molecule has 0 radical (unpaired) electrons. The molecule has 12 heteroatoms. The summed E-state index contributed by atoms with van der Waals surface area (Å²) in [7, 11) is 0. The summed E-state index contributed by atoms with van der Waals surface area (Å²) in [5.74, 6) is 2.90. The molecule has 0 saturated heterocycles. The molecular weight excluding hydrogens is 852 g/mol. The number of hydrogen-bond acceptors (Lipinski definition) is 10. The van der Waals surface area contributed by atoms with E-state index in [-0.39, 0.29) is 23.3 Å². The van der Waals surface area contributed by atoms with Crippen molar-refractivity contribution < 1.29 is 28.7 Å². The van der Waals surface area contributed by atoms with E-state index in [2.05, 4.69) is 49.2 Å². The summed E-state index contributed by atoms with van der Waals surface area (Å²) in [5.41, 5.74) is 8.52. The summed E-state index contributed by atoms with van der Waals surface area (Å²) < 4.78 is 11.7. The van der Waals surface area contributed by atoms with Gasteiger partial charge in [0.25, 0.3) is 0 Å². The Kier molecular flexibility index (Phi) is 17.9. The zero-order valence-electron chi connectivity index (χ0n) is 35.7. The maximum absolute atomic E-state index is 12.6. The summed E-state index contributed by atoms with van der Waals surface area (Å²) >= 11 is 6.46. The van der Waals surface area contributed by atoms with E-state index in [1.807, 2.05) is 140 Å². The third-order valence-electron chi connectivity index (χ3n) is 9.73. The molecule has 8 aromatic rings. The summed E-state index contributed by atoms with van der Waals surface area (Å²) in [6.07, 6.45) is 2.34. The summed E-state index contributed by atoms with van der Waals surface area (Å²) in [5, 5.41) is 19.6. The Morgan fingerprint density at radius 2 is 0.985 bits per heavy atom. The van der Waals surface area contributed by atoms with Crippen LogP contribution in [0.4, 0.5) is 0 Å². The lowest BCUT2D eigenvalue weighted by molar-refractivity contribution is -0.193. The monoisotopic (exact) mass is 890 g/mol. The lowest BCUT2D eigenvalue weighted by Gasteiger charge is -2.11. The Bertz CT molecular complexity index is 3080. The Hall–Kier alpha value is -8.95. The van der Waals surface area contributed by atoms with Crippen LogP contribution in [0.2, 0.25) is 5.02 Å². The third kappa shape index (κ3) is 13.0. The molecule has 0 unspecified atom stereocenters. The fraction of sp³-hybridized carbons (Fsp3) is 0.0741. The number of nitriles is 2. The number of halogens is 1. The molecule has 0 spiro atoms. The van der Waals surface area contributed by atoms with E-state index >= 15 is 0 Å². The van der Waals surface area contributed by atoms with Crippen LogP contribution in [0.5, 0.6) is 23.0 Å². The van der Waals surface area contributed by atoms with E-state index in [1.54, 1.807) is 6.07 Å². The van der Waals surface area contributed by atoms with Crippen molar-refractivity contribution in [1.29, 1.82) is 10.5 Å². The molecule has 324 valence electrons. The molecule has 2 heterocycles. The minimum absolute atomic E-state index is 0.0992. The van der Waals surface area contributed by atoms with Gasteiger partial charge < -0.3 is 14.5 Å². The molecule has 66 heavy (non-hydrogen) atoms. The average molecular weight is 891 g/mol. The molecular formula is C54H39ClN4O7. The van der Waals surface area contributed by atoms with Crippen molar-refractivity contribution in [1.82, 2.24) is 9.97 Å². The number of H-pyrrole nitrogens is 1. The van der Waals surface area contributed by atoms with Crippen molar-refractivity contribution >= 4 is 23.9 Å². The van der Waals surface area contributed by atoms with Gasteiger partial charge in [0.15, 0.2) is 0 Å². The second-order valence-electron chi connectivity index (χ2n) is 13.9. The van der Waals surface area contributed by atoms with Crippen molar-refractivity contribution in [3.8, 4) is 80.2 Å². The van der Waals surface area contributed by atoms with Crippen LogP contribution in [-0.2, 0) is 32.0 Å². The summed E-state index contributed by atoms with van der Waals surface area (Å²) in [6, 6.07) is 57.7. The van der Waals surface area contributed by atoms with E-state index in [9.17, 15) is 15.3 Å². The van der Waals surface area contributed by atoms with Gasteiger partial charge in [-0.05, 0) is 126 Å². The number of hydrogen-bond donors (Lipinski definition) is 1. The van der Waals surface area contributed by atoms with Gasteiger partial charge >= 0.3 is 12.3 Å². The van der Waals surface area contributed by atoms with Crippen LogP contribution in [0.25, 0.3) is 45.0 Å². The molecule has 0 amide bonds. The number of aromatic amines is 1. The smallest absolute Gasteiger partial charge is 0.373 e. The Labute approximate surface area is 385 Å². The van der Waals surface area contributed by atoms with Gasteiger partial charge in [-0.3, -0.25) is 4.79 Å². The second-order valence-corrected chi connectivity index (χ2v) is 14.3. The number of nitrogens with zero attached hydrogens (tertiary/aromatic N) is 3. The Morgan fingerprint density at radius 3 is 1.47 bits per heavy atom. The van der Waals surface area contributed by atoms with E-state index in [4.69, 9.17) is 45.2 Å². The van der Waals surface area contributed by atoms with Crippen LogP contribution in [0.15, 0.2) is 175 Å². The molecule has 0 atom stereocenters. The van der Waals surface area contributed by atoms with Crippen LogP contribution in [0.1, 0.15) is 36.1 Å². The molecule has 0 aliphatic heterocycles. The van der Waals surface area contributed by atoms with Gasteiger partial charge in [-0.2, -0.15) is 29.7 Å². The number of pyridine rings is 2. The molecule has 0 aliphatic rings. The van der Waals surface area contributed by atoms with E-state index in [0.717, 1.165) is 52.3 Å². The average Bonchev–Trinajstić information content (AvgIpc) is 3.35. The van der Waals surface area contributed by atoms with Gasteiger partial charge in [0.1, 0.15) is 40.7 Å². The molecule has 0 fully saturated rings. The molecule has 11 nitrogen and oxygen atoms in total. The highest BCUT2D eigenvalue weighted by molar-refractivity contribution is 6.32. The number of aromatic nitrogens is 2. The first-order valence-corrected chi connectivity index (χ1v) is 20.7. The SMILES string of the molecule is CCc1cccc(-c2cc(=O)c(C#N)c(-c3ccc(Oc4ccccc4)cc3)[nH]2)c1.CCc1cccc(-c2cc(Cl)c(C#N)c(-c3ccc(Oc4ccccc4)cc3)n2)c1.O=C=O.O=C=O. The molecule has 0 saturated carbocycles. The predicted octanol–water partition coefficient (Wildman–Crippen LogP) is 12.1. The van der Waals surface area contributed by atoms with Crippen molar-refractivity contribution in [2.45, 2.75) is 26.7 Å². The standard InChI is InChI=1S/C26H19ClN2O.C26H20N2O2.2CO2/c1-2-18-7-6-8-20(15-18)25-16-24(27)23(17-28)26(29-25)19-11-13-22(14-12-19)30-21-9-4-3-5-10-21;1-2-18-7-6-8-20(15-18)24-16-25(29)23(17-27)26(28-24)19-11-13-22(14-12-19)30-21-9-4-3-5-10-21;2*2-1-3/h3-16H,2H2,1H3;3-16H,2H2,1H3,(H,28,29);;. The van der Waals surface area contributed by atoms with E-state index < -0.39 is 0 Å². The molecule has 1 N–H and O–H groups in total. The number of rotatable bonds is 10. The largest absolute Gasteiger partial charge is 0.457 e. The molecule has 6 aromatic carbocycles. The number of para-hydroxylation sites is 2. The first-order valence-electron chi connectivity index (χ1n) is 20.3. The molecule has 0 aliphatic carbocycles. The topological polar surface area (TPSA) is 180 Å². The van der Waals surface area contributed by atoms with Crippen LogP contribution >= 0.6 is 11.6 Å². The Balaban J connectivity index is 0.000000221. The number of aryl methyl sites for hydroxylation is 2. The lowest BCUT2D eigenvalue weighted by Crippen LogP contribution is -2.09. The van der Waals surface area contributed by atoms with E-state index in [0.29, 0.717) is 39.2 Å². The first-order chi connectivity index (χ1) is 32.2. The van der Waals surface area contributed by atoms with Crippen molar-refractivity contribution in [2.75, 3.05) is 0 Å². The molecule has 2 aromatic heterocycles. The number of ether oxygens (including phenoxy) is 2. The second kappa shape index (κ2) is 24.6. The van der Waals surface area contributed by atoms with Gasteiger partial charge in [-0.1, -0.05) is 98.2 Å². The highest BCUT2D eigenvalue weighted by Gasteiger charge is 2.16. The van der Waals surface area contributed by atoms with Gasteiger partial charge in [-0.15, -0.1) is 0 Å². The van der Waals surface area contributed by atoms with Crippen LogP contribution < -0.4 is 14.9 Å². The maximum Gasteiger partial charge on any atom is 0.373 e. The highest BCUT2D eigenvalue weighted by Crippen LogP contribution is 2.34. The van der Waals surface area contributed by atoms with Crippen LogP contribution in [0.3, 0.4) is 0 Å². The van der Waals surface area contributed by atoms with E-state index in [1.165, 1.54) is 17.2 Å². The fourth-order valence-corrected chi connectivity index (χ4v) is 6.78. The first kappa shape index (κ1) is 48.1. The predicted molar refractivity (Wildman–Crippen MR) is 249 cm³/mol. The minimum Gasteiger partial charge on any atom is -0.457 e. The zero-order valence-corrected chi connectivity index (χ0v) is 36.4. The van der Waals surface area contributed by atoms with Crippen molar-refractivity contribution in [2.24, 2.45) is 0 Å². The molecule has 8 rings (SSSR count). The van der Waals surface area contributed by atoms with Gasteiger partial charge in [0.05, 0.1) is 27.7 Å². The van der Waals surface area contributed by atoms with Crippen molar-refractivity contribution in [3.05, 3.63) is 207 Å². The fourth-order valence-electron chi connectivity index (χ4n) is 6.55. The van der Waals surface area contributed by atoms with Crippen LogP contribution in [-0.4, -0.2) is 22.3 Å². The third-order valence-corrected chi connectivity index (χ3v) is 10.0. The van der Waals surface area contributed by atoms with Gasteiger partial charge in [0, 0.05) is 22.9 Å². The quantitative estimate of drug-likeness (QED) is 0.139.